The maximum absolute atomic E-state index is 13.5. The lowest BCUT2D eigenvalue weighted by Crippen LogP contribution is -2.47. The summed E-state index contributed by atoms with van der Waals surface area (Å²) < 4.78 is 6.05. The predicted octanol–water partition coefficient (Wildman–Crippen LogP) is 4.89. The van der Waals surface area contributed by atoms with Crippen LogP contribution in [0.1, 0.15) is 32.4 Å². The van der Waals surface area contributed by atoms with Crippen LogP contribution in [0.25, 0.3) is 0 Å². The summed E-state index contributed by atoms with van der Waals surface area (Å²) in [6.45, 7) is 7.03. The van der Waals surface area contributed by atoms with Gasteiger partial charge in [-0.2, -0.15) is 0 Å². The van der Waals surface area contributed by atoms with Gasteiger partial charge in [0.1, 0.15) is 18.9 Å². The van der Waals surface area contributed by atoms with Crippen LogP contribution in [-0.2, 0) is 11.2 Å². The van der Waals surface area contributed by atoms with Gasteiger partial charge in [-0.05, 0) is 54.6 Å². The normalized spacial score (nSPS) is 14.9. The number of amides is 2. The molecule has 0 N–H and O–H groups in total. The topological polar surface area (TPSA) is 49.9 Å². The van der Waals surface area contributed by atoms with Crippen LogP contribution in [-0.4, -0.2) is 47.9 Å². The van der Waals surface area contributed by atoms with Gasteiger partial charge in [-0.25, -0.2) is 0 Å². The highest BCUT2D eigenvalue weighted by molar-refractivity contribution is 7.10. The first kappa shape index (κ1) is 22.8. The summed E-state index contributed by atoms with van der Waals surface area (Å²) in [7, 11) is 0. The maximum Gasteiger partial charge on any atom is 0.254 e. The van der Waals surface area contributed by atoms with Crippen molar-refractivity contribution in [2.45, 2.75) is 19.4 Å². The second-order valence-electron chi connectivity index (χ2n) is 8.12. The highest BCUT2D eigenvalue weighted by Crippen LogP contribution is 2.34. The number of nitrogens with zero attached hydrogens (tertiary/aromatic N) is 2. The maximum atomic E-state index is 13.5. The van der Waals surface area contributed by atoms with Gasteiger partial charge in [0.05, 0.1) is 6.04 Å². The molecule has 3 aromatic rings. The Hall–Kier alpha value is -3.38. The third-order valence-electron chi connectivity index (χ3n) is 5.83. The molecule has 0 aliphatic carbocycles. The molecule has 0 unspecified atom stereocenters. The van der Waals surface area contributed by atoms with Gasteiger partial charge in [0.15, 0.2) is 0 Å². The zero-order valence-corrected chi connectivity index (χ0v) is 19.6. The number of rotatable bonds is 8. The average molecular weight is 461 g/mol. The molecule has 0 bridgehead atoms. The Morgan fingerprint density at radius 3 is 2.64 bits per heavy atom. The molecule has 0 saturated heterocycles. The fraction of sp³-hybridized carbons (Fsp3) is 0.259. The van der Waals surface area contributed by atoms with Crippen LogP contribution in [0.4, 0.5) is 0 Å². The van der Waals surface area contributed by atoms with Crippen LogP contribution >= 0.6 is 11.3 Å². The van der Waals surface area contributed by atoms with Gasteiger partial charge in [-0.3, -0.25) is 9.59 Å². The molecular weight excluding hydrogens is 432 g/mol. The fourth-order valence-corrected chi connectivity index (χ4v) is 5.00. The molecule has 2 amide bonds. The molecule has 0 saturated carbocycles. The number of carbonyl (C=O) groups is 2. The van der Waals surface area contributed by atoms with Gasteiger partial charge in [0.25, 0.3) is 5.91 Å². The van der Waals surface area contributed by atoms with Crippen molar-refractivity contribution >= 4 is 23.2 Å². The number of ether oxygens (including phenoxy) is 1. The third kappa shape index (κ3) is 5.34. The summed E-state index contributed by atoms with van der Waals surface area (Å²) in [5, 5.41) is 2.07. The van der Waals surface area contributed by atoms with Gasteiger partial charge >= 0.3 is 0 Å². The van der Waals surface area contributed by atoms with E-state index in [4.69, 9.17) is 4.74 Å². The van der Waals surface area contributed by atoms with Crippen LogP contribution < -0.4 is 4.74 Å². The van der Waals surface area contributed by atoms with E-state index in [0.29, 0.717) is 25.3 Å². The monoisotopic (exact) mass is 460 g/mol. The zero-order valence-electron chi connectivity index (χ0n) is 18.8. The molecule has 2 aromatic carbocycles. The number of para-hydroxylation sites is 1. The van der Waals surface area contributed by atoms with Crippen LogP contribution in [0.2, 0.25) is 0 Å². The molecule has 33 heavy (non-hydrogen) atoms. The van der Waals surface area contributed by atoms with Crippen molar-refractivity contribution in [2.24, 2.45) is 0 Å². The molecule has 170 valence electrons. The predicted molar refractivity (Wildman–Crippen MR) is 132 cm³/mol. The molecule has 1 atom stereocenters. The zero-order chi connectivity index (χ0) is 23.2. The molecular formula is C27H28N2O3S. The molecule has 5 nitrogen and oxygen atoms in total. The molecule has 6 heteroatoms. The Kier molecular flexibility index (Phi) is 7.25. The Morgan fingerprint density at radius 2 is 1.91 bits per heavy atom. The van der Waals surface area contributed by atoms with Crippen molar-refractivity contribution < 1.29 is 14.3 Å². The van der Waals surface area contributed by atoms with E-state index in [1.165, 1.54) is 4.88 Å². The summed E-state index contributed by atoms with van der Waals surface area (Å²) in [6, 6.07) is 18.9. The van der Waals surface area contributed by atoms with Crippen molar-refractivity contribution in [3.63, 3.8) is 0 Å². The molecule has 1 aromatic heterocycles. The SMILES string of the molecule is C=CCN(CC(=O)N1CCc2sccc2[C@@H]1COc1ccccc1)C(=O)c1ccc(C)cc1. The van der Waals surface area contributed by atoms with E-state index in [9.17, 15) is 9.59 Å². The summed E-state index contributed by atoms with van der Waals surface area (Å²) in [5.74, 6) is 0.513. The van der Waals surface area contributed by atoms with Crippen molar-refractivity contribution in [3.8, 4) is 5.75 Å². The molecule has 2 heterocycles. The van der Waals surface area contributed by atoms with E-state index in [1.807, 2.05) is 54.3 Å². The van der Waals surface area contributed by atoms with Gasteiger partial charge in [0, 0.05) is 23.5 Å². The van der Waals surface area contributed by atoms with Crippen molar-refractivity contribution in [3.05, 3.63) is 100 Å². The quantitative estimate of drug-likeness (QED) is 0.450. The first-order valence-corrected chi connectivity index (χ1v) is 11.9. The lowest BCUT2D eigenvalue weighted by atomic mass is 10.0. The fourth-order valence-electron chi connectivity index (χ4n) is 4.07. The Labute approximate surface area is 198 Å². The number of carbonyl (C=O) groups excluding carboxylic acids is 2. The second-order valence-corrected chi connectivity index (χ2v) is 9.12. The first-order valence-electron chi connectivity index (χ1n) is 11.1. The van der Waals surface area contributed by atoms with Crippen molar-refractivity contribution in [1.82, 2.24) is 9.80 Å². The van der Waals surface area contributed by atoms with E-state index >= 15 is 0 Å². The van der Waals surface area contributed by atoms with E-state index in [1.54, 1.807) is 34.4 Å². The molecule has 0 fully saturated rings. The molecule has 4 rings (SSSR count). The molecule has 1 aliphatic heterocycles. The van der Waals surface area contributed by atoms with Crippen molar-refractivity contribution in [2.75, 3.05) is 26.2 Å². The van der Waals surface area contributed by atoms with Crippen LogP contribution in [0.15, 0.2) is 78.7 Å². The van der Waals surface area contributed by atoms with Crippen molar-refractivity contribution in [1.29, 1.82) is 0 Å². The summed E-state index contributed by atoms with van der Waals surface area (Å²) in [6.07, 6.45) is 2.47. The highest BCUT2D eigenvalue weighted by atomic mass is 32.1. The van der Waals surface area contributed by atoms with Gasteiger partial charge < -0.3 is 14.5 Å². The Bertz CT molecular complexity index is 1110. The van der Waals surface area contributed by atoms with Gasteiger partial charge in [-0.15, -0.1) is 17.9 Å². The Morgan fingerprint density at radius 1 is 1.15 bits per heavy atom. The van der Waals surface area contributed by atoms with E-state index in [0.717, 1.165) is 23.3 Å². The third-order valence-corrected chi connectivity index (χ3v) is 6.82. The number of hydrogen-bond acceptors (Lipinski definition) is 4. The minimum absolute atomic E-state index is 0.0000369. The lowest BCUT2D eigenvalue weighted by Gasteiger charge is -2.37. The minimum Gasteiger partial charge on any atom is -0.491 e. The number of aryl methyl sites for hydroxylation is 1. The van der Waals surface area contributed by atoms with Crippen LogP contribution in [0.3, 0.4) is 0 Å². The molecule has 1 aliphatic rings. The highest BCUT2D eigenvalue weighted by Gasteiger charge is 2.33. The summed E-state index contributed by atoms with van der Waals surface area (Å²) in [5.41, 5.74) is 2.78. The lowest BCUT2D eigenvalue weighted by molar-refractivity contribution is -0.135. The standard InChI is InChI=1S/C27H28N2O3S/c1-3-15-28(27(31)21-11-9-20(2)10-12-21)18-26(30)29-16-13-25-23(14-17-33-25)24(29)19-32-22-7-5-4-6-8-22/h3-12,14,17,24H,1,13,15-16,18-19H2,2H3/t24-/m0/s1. The Balaban J connectivity index is 1.51. The van der Waals surface area contributed by atoms with E-state index < -0.39 is 0 Å². The number of thiophene rings is 1. The minimum atomic E-state index is -0.187. The summed E-state index contributed by atoms with van der Waals surface area (Å²) >= 11 is 1.72. The number of benzene rings is 2. The second kappa shape index (κ2) is 10.5. The van der Waals surface area contributed by atoms with Gasteiger partial charge in [-0.1, -0.05) is 42.0 Å². The van der Waals surface area contributed by atoms with E-state index in [2.05, 4.69) is 18.0 Å². The largest absolute Gasteiger partial charge is 0.491 e. The van der Waals surface area contributed by atoms with Gasteiger partial charge in [0.2, 0.25) is 5.91 Å². The van der Waals surface area contributed by atoms with Crippen LogP contribution in [0.5, 0.6) is 5.75 Å². The molecule has 0 spiro atoms. The first-order chi connectivity index (χ1) is 16.1. The average Bonchev–Trinajstić information content (AvgIpc) is 3.32. The summed E-state index contributed by atoms with van der Waals surface area (Å²) in [4.78, 5) is 31.3. The number of fused-ring (bicyclic) bond motifs is 1. The smallest absolute Gasteiger partial charge is 0.254 e. The van der Waals surface area contributed by atoms with Crippen LogP contribution in [0, 0.1) is 6.92 Å². The molecule has 0 radical (unpaired) electrons. The van der Waals surface area contributed by atoms with E-state index in [-0.39, 0.29) is 24.4 Å². The number of hydrogen-bond donors (Lipinski definition) is 0.